The second-order valence-electron chi connectivity index (χ2n) is 2.83. The van der Waals surface area contributed by atoms with Crippen molar-refractivity contribution in [3.05, 3.63) is 48.6 Å². The number of aliphatic hydroxyl groups is 1. The molecule has 66 valence electrons. The van der Waals surface area contributed by atoms with Gasteiger partial charge in [0.05, 0.1) is 6.54 Å². The highest BCUT2D eigenvalue weighted by atomic mass is 16.3. The van der Waals surface area contributed by atoms with E-state index < -0.39 is 0 Å². The highest BCUT2D eigenvalue weighted by Crippen LogP contribution is 2.16. The molecule has 1 aromatic rings. The molecule has 0 saturated heterocycles. The van der Waals surface area contributed by atoms with Crippen molar-refractivity contribution < 1.29 is 5.11 Å². The summed E-state index contributed by atoms with van der Waals surface area (Å²) >= 11 is 0. The summed E-state index contributed by atoms with van der Waals surface area (Å²) in [6.45, 7) is 0.528. The summed E-state index contributed by atoms with van der Waals surface area (Å²) in [6.07, 6.45) is 8.91. The fourth-order valence-electron chi connectivity index (χ4n) is 1.25. The van der Waals surface area contributed by atoms with Gasteiger partial charge in [0.1, 0.15) is 5.76 Å². The number of hydrogen-bond acceptors (Lipinski definition) is 3. The van der Waals surface area contributed by atoms with Crippen LogP contribution in [0.15, 0.2) is 48.6 Å². The molecule has 0 atom stereocenters. The summed E-state index contributed by atoms with van der Waals surface area (Å²) in [4.78, 5) is 5.89. The zero-order valence-electron chi connectivity index (χ0n) is 7.09. The van der Waals surface area contributed by atoms with Gasteiger partial charge in [0.15, 0.2) is 0 Å². The van der Waals surface area contributed by atoms with Gasteiger partial charge < -0.3 is 10.0 Å². The third-order valence-electron chi connectivity index (χ3n) is 1.88. The number of nitrogens with zero attached hydrogens (tertiary/aromatic N) is 2. The quantitative estimate of drug-likeness (QED) is 0.706. The molecular formula is C10H10N2O. The molecule has 0 saturated carbocycles. The summed E-state index contributed by atoms with van der Waals surface area (Å²) in [5.41, 5.74) is 1.03. The normalized spacial score (nSPS) is 15.7. The molecular weight excluding hydrogens is 164 g/mol. The maximum Gasteiger partial charge on any atom is 0.112 e. The first-order valence-electron chi connectivity index (χ1n) is 4.09. The van der Waals surface area contributed by atoms with E-state index in [-0.39, 0.29) is 0 Å². The number of aliphatic hydroxyl groups excluding tert-OH is 1. The van der Waals surface area contributed by atoms with E-state index in [1.807, 2.05) is 29.3 Å². The van der Waals surface area contributed by atoms with Crippen molar-refractivity contribution in [1.29, 1.82) is 0 Å². The van der Waals surface area contributed by atoms with Crippen molar-refractivity contribution in [3.8, 4) is 0 Å². The molecule has 0 amide bonds. The van der Waals surface area contributed by atoms with E-state index in [0.717, 1.165) is 5.69 Å². The maximum atomic E-state index is 9.29. The highest BCUT2D eigenvalue weighted by molar-refractivity contribution is 5.50. The predicted octanol–water partition coefficient (Wildman–Crippen LogP) is 1.86. The average molecular weight is 174 g/mol. The minimum absolute atomic E-state index is 0.374. The summed E-state index contributed by atoms with van der Waals surface area (Å²) in [7, 11) is 0. The molecule has 13 heavy (non-hydrogen) atoms. The van der Waals surface area contributed by atoms with Gasteiger partial charge in [-0.3, -0.25) is 4.98 Å². The van der Waals surface area contributed by atoms with E-state index in [4.69, 9.17) is 0 Å². The molecule has 0 bridgehead atoms. The van der Waals surface area contributed by atoms with E-state index >= 15 is 0 Å². The third kappa shape index (κ3) is 1.69. The number of hydrogen-bond donors (Lipinski definition) is 1. The Morgan fingerprint density at radius 1 is 1.31 bits per heavy atom. The van der Waals surface area contributed by atoms with Crippen LogP contribution in [0.2, 0.25) is 0 Å². The zero-order valence-corrected chi connectivity index (χ0v) is 7.09. The molecule has 0 fully saturated rings. The SMILES string of the molecule is OC1=CC=CN(c2ccncc2)C1. The molecule has 1 aromatic heterocycles. The molecule has 2 heterocycles. The first kappa shape index (κ1) is 7.86. The maximum absolute atomic E-state index is 9.29. The lowest BCUT2D eigenvalue weighted by Gasteiger charge is -2.21. The van der Waals surface area contributed by atoms with Crippen molar-refractivity contribution in [2.45, 2.75) is 0 Å². The Labute approximate surface area is 76.6 Å². The van der Waals surface area contributed by atoms with E-state index in [1.54, 1.807) is 18.5 Å². The lowest BCUT2D eigenvalue weighted by Crippen LogP contribution is -2.20. The lowest BCUT2D eigenvalue weighted by atomic mass is 10.3. The predicted molar refractivity (Wildman–Crippen MR) is 51.4 cm³/mol. The molecule has 1 aliphatic rings. The summed E-state index contributed by atoms with van der Waals surface area (Å²) < 4.78 is 0. The zero-order chi connectivity index (χ0) is 9.10. The van der Waals surface area contributed by atoms with Gasteiger partial charge in [0, 0.05) is 24.3 Å². The fourth-order valence-corrected chi connectivity index (χ4v) is 1.25. The van der Waals surface area contributed by atoms with Crippen molar-refractivity contribution >= 4 is 5.69 Å². The van der Waals surface area contributed by atoms with Crippen molar-refractivity contribution in [2.24, 2.45) is 0 Å². The largest absolute Gasteiger partial charge is 0.510 e. The Bertz CT molecular complexity index is 343. The van der Waals surface area contributed by atoms with E-state index in [9.17, 15) is 5.11 Å². The monoisotopic (exact) mass is 174 g/mol. The van der Waals surface area contributed by atoms with Crippen molar-refractivity contribution in [3.63, 3.8) is 0 Å². The third-order valence-corrected chi connectivity index (χ3v) is 1.88. The molecule has 0 spiro atoms. The molecule has 3 heteroatoms. The van der Waals surface area contributed by atoms with Gasteiger partial charge in [-0.15, -0.1) is 0 Å². The Kier molecular flexibility index (Phi) is 2.00. The Morgan fingerprint density at radius 2 is 2.08 bits per heavy atom. The van der Waals surface area contributed by atoms with Gasteiger partial charge in [0.2, 0.25) is 0 Å². The summed E-state index contributed by atoms with van der Waals surface area (Å²) in [5.74, 6) is 0.374. The second kappa shape index (κ2) is 3.31. The van der Waals surface area contributed by atoms with Crippen LogP contribution in [-0.2, 0) is 0 Å². The summed E-state index contributed by atoms with van der Waals surface area (Å²) in [6, 6.07) is 3.81. The standard InChI is InChI=1S/C10H10N2O/c13-10-2-1-7-12(8-10)9-3-5-11-6-4-9/h1-7,13H,8H2. The number of pyridine rings is 1. The number of aromatic nitrogens is 1. The topological polar surface area (TPSA) is 36.4 Å². The van der Waals surface area contributed by atoms with Crippen LogP contribution in [-0.4, -0.2) is 16.6 Å². The first-order valence-corrected chi connectivity index (χ1v) is 4.09. The molecule has 1 N–H and O–H groups in total. The Morgan fingerprint density at radius 3 is 2.77 bits per heavy atom. The molecule has 3 nitrogen and oxygen atoms in total. The smallest absolute Gasteiger partial charge is 0.112 e. The second-order valence-corrected chi connectivity index (χ2v) is 2.83. The van der Waals surface area contributed by atoms with Crippen LogP contribution in [0.3, 0.4) is 0 Å². The van der Waals surface area contributed by atoms with Crippen LogP contribution in [0.5, 0.6) is 0 Å². The van der Waals surface area contributed by atoms with Crippen LogP contribution >= 0.6 is 0 Å². The van der Waals surface area contributed by atoms with Crippen LogP contribution in [0.25, 0.3) is 0 Å². The van der Waals surface area contributed by atoms with Gasteiger partial charge in [-0.1, -0.05) is 0 Å². The van der Waals surface area contributed by atoms with Crippen LogP contribution in [0.1, 0.15) is 0 Å². The minimum atomic E-state index is 0.374. The average Bonchev–Trinajstić information content (AvgIpc) is 2.19. The van der Waals surface area contributed by atoms with Crippen LogP contribution in [0.4, 0.5) is 5.69 Å². The van der Waals surface area contributed by atoms with Gasteiger partial charge in [-0.25, -0.2) is 0 Å². The van der Waals surface area contributed by atoms with Crippen LogP contribution < -0.4 is 4.90 Å². The minimum Gasteiger partial charge on any atom is -0.510 e. The Balaban J connectivity index is 2.21. The molecule has 0 unspecified atom stereocenters. The molecule has 1 aliphatic heterocycles. The van der Waals surface area contributed by atoms with Gasteiger partial charge in [-0.05, 0) is 24.3 Å². The van der Waals surface area contributed by atoms with Crippen LogP contribution in [0, 0.1) is 0 Å². The first-order chi connectivity index (χ1) is 6.36. The number of rotatable bonds is 1. The number of allylic oxidation sites excluding steroid dienone is 2. The number of anilines is 1. The summed E-state index contributed by atoms with van der Waals surface area (Å²) in [5, 5.41) is 9.29. The van der Waals surface area contributed by atoms with Gasteiger partial charge in [0.25, 0.3) is 0 Å². The van der Waals surface area contributed by atoms with Crippen molar-refractivity contribution in [1.82, 2.24) is 4.98 Å². The fraction of sp³-hybridized carbons (Fsp3) is 0.100. The van der Waals surface area contributed by atoms with Gasteiger partial charge >= 0.3 is 0 Å². The van der Waals surface area contributed by atoms with E-state index in [1.165, 1.54) is 0 Å². The molecule has 0 aromatic carbocycles. The lowest BCUT2D eigenvalue weighted by molar-refractivity contribution is 0.401. The van der Waals surface area contributed by atoms with E-state index in [0.29, 0.717) is 12.3 Å². The molecule has 0 radical (unpaired) electrons. The molecule has 2 rings (SSSR count). The molecule has 0 aliphatic carbocycles. The van der Waals surface area contributed by atoms with Crippen molar-refractivity contribution in [2.75, 3.05) is 11.4 Å². The Hall–Kier alpha value is -1.77. The van der Waals surface area contributed by atoms with Gasteiger partial charge in [-0.2, -0.15) is 0 Å². The van der Waals surface area contributed by atoms with E-state index in [2.05, 4.69) is 4.98 Å². The highest BCUT2D eigenvalue weighted by Gasteiger charge is 2.07.